The lowest BCUT2D eigenvalue weighted by Gasteiger charge is -2.10. The van der Waals surface area contributed by atoms with E-state index in [1.807, 2.05) is 18.2 Å². The summed E-state index contributed by atoms with van der Waals surface area (Å²) in [6.07, 6.45) is 2.10. The van der Waals surface area contributed by atoms with Gasteiger partial charge in [0.05, 0.1) is 6.54 Å². The van der Waals surface area contributed by atoms with Crippen LogP contribution in [0.3, 0.4) is 0 Å². The molecule has 0 unspecified atom stereocenters. The molecule has 100 valence electrons. The van der Waals surface area contributed by atoms with E-state index in [0.29, 0.717) is 12.3 Å². The van der Waals surface area contributed by atoms with Gasteiger partial charge in [-0.25, -0.2) is 4.79 Å². The fourth-order valence-corrected chi connectivity index (χ4v) is 1.95. The molecule has 0 saturated heterocycles. The summed E-state index contributed by atoms with van der Waals surface area (Å²) >= 11 is 0. The molecule has 0 saturated carbocycles. The molecule has 1 aromatic carbocycles. The first-order chi connectivity index (χ1) is 9.20. The van der Waals surface area contributed by atoms with Crippen LogP contribution in [0.2, 0.25) is 0 Å². The summed E-state index contributed by atoms with van der Waals surface area (Å²) in [5.41, 5.74) is 2.33. The number of rotatable bonds is 6. The van der Waals surface area contributed by atoms with Crippen molar-refractivity contribution in [2.45, 2.75) is 26.3 Å². The van der Waals surface area contributed by atoms with Gasteiger partial charge in [-0.1, -0.05) is 31.5 Å². The Balaban J connectivity index is 2.03. The number of furan rings is 1. The molecule has 0 aliphatic carbocycles. The Morgan fingerprint density at radius 3 is 2.74 bits per heavy atom. The van der Waals surface area contributed by atoms with Crippen LogP contribution in [0, 0.1) is 0 Å². The van der Waals surface area contributed by atoms with E-state index in [9.17, 15) is 4.79 Å². The molecule has 2 aromatic rings. The molecular formula is C15H17NO3. The monoisotopic (exact) mass is 259 g/mol. The molecule has 19 heavy (non-hydrogen) atoms. The van der Waals surface area contributed by atoms with Gasteiger partial charge in [0.25, 0.3) is 0 Å². The fourth-order valence-electron chi connectivity index (χ4n) is 1.95. The van der Waals surface area contributed by atoms with Gasteiger partial charge >= 0.3 is 5.97 Å². The van der Waals surface area contributed by atoms with Crippen molar-refractivity contribution in [3.63, 3.8) is 0 Å². The molecule has 0 aliphatic rings. The first-order valence-corrected chi connectivity index (χ1v) is 6.34. The Hall–Kier alpha value is -2.23. The van der Waals surface area contributed by atoms with Crippen molar-refractivity contribution in [1.29, 1.82) is 0 Å². The zero-order valence-electron chi connectivity index (χ0n) is 10.8. The van der Waals surface area contributed by atoms with Gasteiger partial charge in [0, 0.05) is 5.69 Å². The number of aromatic carboxylic acids is 1. The van der Waals surface area contributed by atoms with E-state index in [0.717, 1.165) is 18.5 Å². The first-order valence-electron chi connectivity index (χ1n) is 6.34. The lowest BCUT2D eigenvalue weighted by atomic mass is 10.1. The molecule has 0 bridgehead atoms. The Morgan fingerprint density at radius 2 is 2.05 bits per heavy atom. The highest BCUT2D eigenvalue weighted by Crippen LogP contribution is 2.18. The fraction of sp³-hybridized carbons (Fsp3) is 0.267. The largest absolute Gasteiger partial charge is 0.475 e. The van der Waals surface area contributed by atoms with Crippen molar-refractivity contribution in [1.82, 2.24) is 0 Å². The van der Waals surface area contributed by atoms with Gasteiger partial charge in [-0.3, -0.25) is 0 Å². The molecule has 0 fully saturated rings. The van der Waals surface area contributed by atoms with Crippen LogP contribution >= 0.6 is 0 Å². The summed E-state index contributed by atoms with van der Waals surface area (Å²) in [4.78, 5) is 10.7. The molecule has 1 aromatic heterocycles. The first kappa shape index (κ1) is 13.2. The molecule has 2 rings (SSSR count). The van der Waals surface area contributed by atoms with Crippen molar-refractivity contribution in [3.8, 4) is 0 Å². The van der Waals surface area contributed by atoms with Gasteiger partial charge in [-0.05, 0) is 30.2 Å². The van der Waals surface area contributed by atoms with Crippen molar-refractivity contribution < 1.29 is 14.3 Å². The zero-order valence-corrected chi connectivity index (χ0v) is 10.8. The number of anilines is 1. The van der Waals surface area contributed by atoms with Gasteiger partial charge < -0.3 is 14.8 Å². The summed E-state index contributed by atoms with van der Waals surface area (Å²) in [6, 6.07) is 11.3. The topological polar surface area (TPSA) is 62.5 Å². The van der Waals surface area contributed by atoms with E-state index < -0.39 is 5.97 Å². The lowest BCUT2D eigenvalue weighted by Crippen LogP contribution is -2.01. The van der Waals surface area contributed by atoms with E-state index in [1.165, 1.54) is 11.6 Å². The number of para-hydroxylation sites is 1. The van der Waals surface area contributed by atoms with Crippen LogP contribution in [-0.2, 0) is 13.0 Å². The van der Waals surface area contributed by atoms with Crippen LogP contribution in [0.5, 0.6) is 0 Å². The SMILES string of the molecule is CCCc1ccccc1NCc1ccc(C(=O)O)o1. The minimum atomic E-state index is -1.04. The van der Waals surface area contributed by atoms with Gasteiger partial charge in [-0.2, -0.15) is 0 Å². The number of benzene rings is 1. The molecule has 0 amide bonds. The maximum Gasteiger partial charge on any atom is 0.371 e. The van der Waals surface area contributed by atoms with Gasteiger partial charge in [0.2, 0.25) is 5.76 Å². The third kappa shape index (κ3) is 3.37. The van der Waals surface area contributed by atoms with E-state index in [2.05, 4.69) is 18.3 Å². The molecular weight excluding hydrogens is 242 g/mol. The molecule has 4 nitrogen and oxygen atoms in total. The number of hydrogen-bond donors (Lipinski definition) is 2. The number of carboxylic acid groups (broad SMARTS) is 1. The van der Waals surface area contributed by atoms with E-state index in [-0.39, 0.29) is 5.76 Å². The summed E-state index contributed by atoms with van der Waals surface area (Å²) in [5.74, 6) is -0.458. The Kier molecular flexibility index (Phi) is 4.23. The molecule has 0 radical (unpaired) electrons. The third-order valence-electron chi connectivity index (χ3n) is 2.86. The van der Waals surface area contributed by atoms with Gasteiger partial charge in [0.1, 0.15) is 5.76 Å². The maximum absolute atomic E-state index is 10.7. The predicted octanol–water partition coefficient (Wildman–Crippen LogP) is 3.54. The van der Waals surface area contributed by atoms with E-state index >= 15 is 0 Å². The van der Waals surface area contributed by atoms with E-state index in [1.54, 1.807) is 6.07 Å². The highest BCUT2D eigenvalue weighted by molar-refractivity contribution is 5.84. The molecule has 0 atom stereocenters. The molecule has 2 N–H and O–H groups in total. The average molecular weight is 259 g/mol. The van der Waals surface area contributed by atoms with Crippen LogP contribution < -0.4 is 5.32 Å². The van der Waals surface area contributed by atoms with Crippen molar-refractivity contribution in [2.24, 2.45) is 0 Å². The Morgan fingerprint density at radius 1 is 1.26 bits per heavy atom. The van der Waals surface area contributed by atoms with Crippen LogP contribution in [0.25, 0.3) is 0 Å². The van der Waals surface area contributed by atoms with E-state index in [4.69, 9.17) is 9.52 Å². The normalized spacial score (nSPS) is 10.4. The maximum atomic E-state index is 10.7. The Bertz CT molecular complexity index is 560. The molecule has 0 aliphatic heterocycles. The second-order valence-corrected chi connectivity index (χ2v) is 4.33. The average Bonchev–Trinajstić information content (AvgIpc) is 2.87. The highest BCUT2D eigenvalue weighted by Gasteiger charge is 2.09. The number of nitrogens with one attached hydrogen (secondary N) is 1. The second-order valence-electron chi connectivity index (χ2n) is 4.33. The third-order valence-corrected chi connectivity index (χ3v) is 2.86. The second kappa shape index (κ2) is 6.09. The van der Waals surface area contributed by atoms with Crippen LogP contribution in [0.4, 0.5) is 5.69 Å². The number of hydrogen-bond acceptors (Lipinski definition) is 3. The van der Waals surface area contributed by atoms with Crippen LogP contribution in [0.15, 0.2) is 40.8 Å². The van der Waals surface area contributed by atoms with Crippen molar-refractivity contribution >= 4 is 11.7 Å². The quantitative estimate of drug-likeness (QED) is 0.832. The number of carbonyl (C=O) groups is 1. The van der Waals surface area contributed by atoms with Gasteiger partial charge in [0.15, 0.2) is 0 Å². The minimum absolute atomic E-state index is 0.0290. The standard InChI is InChI=1S/C15H17NO3/c1-2-5-11-6-3-4-7-13(11)16-10-12-8-9-14(19-12)15(17)18/h3-4,6-9,16H,2,5,10H2,1H3,(H,17,18). The molecule has 1 heterocycles. The highest BCUT2D eigenvalue weighted by atomic mass is 16.4. The van der Waals surface area contributed by atoms with Crippen molar-refractivity contribution in [3.05, 3.63) is 53.5 Å². The molecule has 0 spiro atoms. The summed E-state index contributed by atoms with van der Waals surface area (Å²) in [5, 5.41) is 12.1. The van der Waals surface area contributed by atoms with Crippen LogP contribution in [-0.4, -0.2) is 11.1 Å². The summed E-state index contributed by atoms with van der Waals surface area (Å²) < 4.78 is 5.20. The van der Waals surface area contributed by atoms with Crippen LogP contribution in [0.1, 0.15) is 35.2 Å². The summed E-state index contributed by atoms with van der Waals surface area (Å²) in [6.45, 7) is 2.62. The molecule has 4 heteroatoms. The lowest BCUT2D eigenvalue weighted by molar-refractivity contribution is 0.0660. The zero-order chi connectivity index (χ0) is 13.7. The summed E-state index contributed by atoms with van der Waals surface area (Å²) in [7, 11) is 0. The van der Waals surface area contributed by atoms with Crippen molar-refractivity contribution in [2.75, 3.05) is 5.32 Å². The smallest absolute Gasteiger partial charge is 0.371 e. The van der Waals surface area contributed by atoms with Gasteiger partial charge in [-0.15, -0.1) is 0 Å². The minimum Gasteiger partial charge on any atom is -0.475 e. The predicted molar refractivity (Wildman–Crippen MR) is 73.4 cm³/mol. The number of carboxylic acids is 1. The Labute approximate surface area is 112 Å². The number of aryl methyl sites for hydroxylation is 1.